The number of nitrogens with one attached hydrogen (secondary N) is 1. The number of aliphatic hydroxyl groups is 1. The third kappa shape index (κ3) is 4.47. The predicted molar refractivity (Wildman–Crippen MR) is 73.6 cm³/mol. The van der Waals surface area contributed by atoms with Gasteiger partial charge in [0.15, 0.2) is 0 Å². The van der Waals surface area contributed by atoms with E-state index in [-0.39, 0.29) is 16.9 Å². The minimum Gasteiger partial charge on any atom is -0.480 e. The van der Waals surface area contributed by atoms with Crippen LogP contribution in [0.5, 0.6) is 0 Å². The number of rotatable bonds is 5. The fraction of sp³-hybridized carbons (Fsp3) is 0.455. The van der Waals surface area contributed by atoms with Crippen LogP contribution in [0.1, 0.15) is 6.92 Å². The molecule has 0 aliphatic heterocycles. The molecule has 5 nitrogen and oxygen atoms in total. The summed E-state index contributed by atoms with van der Waals surface area (Å²) >= 11 is 4.61. The number of thioether (sulfide) groups is 1. The van der Waals surface area contributed by atoms with E-state index >= 15 is 0 Å². The maximum atomic E-state index is 10.9. The molecule has 100 valence electrons. The van der Waals surface area contributed by atoms with Crippen LogP contribution in [0.4, 0.5) is 0 Å². The predicted octanol–water partition coefficient (Wildman–Crippen LogP) is 0.887. The molecule has 0 saturated heterocycles. The first-order valence-corrected chi connectivity index (χ1v) is 7.09. The highest BCUT2D eigenvalue weighted by Gasteiger charge is 2.26. The smallest absolute Gasteiger partial charge is 0.327 e. The molecule has 0 aromatic rings. The Balaban J connectivity index is 2.57. The van der Waals surface area contributed by atoms with Crippen molar-refractivity contribution in [2.45, 2.75) is 24.3 Å². The van der Waals surface area contributed by atoms with Crippen LogP contribution < -0.4 is 5.32 Å². The van der Waals surface area contributed by atoms with Gasteiger partial charge in [-0.1, -0.05) is 34.2 Å². The fourth-order valence-electron chi connectivity index (χ4n) is 1.42. The summed E-state index contributed by atoms with van der Waals surface area (Å²) < 4.78 is 0.800. The molecular formula is C11H14BrNO4S. The van der Waals surface area contributed by atoms with Crippen LogP contribution in [0.2, 0.25) is 0 Å². The van der Waals surface area contributed by atoms with Crippen molar-refractivity contribution in [1.82, 2.24) is 5.32 Å². The van der Waals surface area contributed by atoms with E-state index in [0.717, 1.165) is 4.48 Å². The monoisotopic (exact) mass is 335 g/mol. The van der Waals surface area contributed by atoms with E-state index in [9.17, 15) is 14.7 Å². The van der Waals surface area contributed by atoms with Gasteiger partial charge in [-0.3, -0.25) is 4.79 Å². The van der Waals surface area contributed by atoms with Gasteiger partial charge >= 0.3 is 5.97 Å². The van der Waals surface area contributed by atoms with Gasteiger partial charge in [0.25, 0.3) is 0 Å². The van der Waals surface area contributed by atoms with Crippen molar-refractivity contribution in [2.75, 3.05) is 5.75 Å². The molecule has 0 aromatic carbocycles. The summed E-state index contributed by atoms with van der Waals surface area (Å²) in [7, 11) is 0. The lowest BCUT2D eigenvalue weighted by Crippen LogP contribution is -2.42. The number of halogens is 1. The molecule has 0 heterocycles. The number of allylic oxidation sites excluding steroid dienone is 2. The third-order valence-corrected chi connectivity index (χ3v) is 4.74. The number of amides is 1. The lowest BCUT2D eigenvalue weighted by atomic mass is 10.1. The van der Waals surface area contributed by atoms with Crippen molar-refractivity contribution in [3.63, 3.8) is 0 Å². The summed E-state index contributed by atoms with van der Waals surface area (Å²) in [6.45, 7) is 1.27. The number of carbonyl (C=O) groups excluding carboxylic acids is 1. The summed E-state index contributed by atoms with van der Waals surface area (Å²) in [5.74, 6) is -1.28. The highest BCUT2D eigenvalue weighted by atomic mass is 79.9. The van der Waals surface area contributed by atoms with Crippen LogP contribution in [0.25, 0.3) is 0 Å². The molecule has 3 N–H and O–H groups in total. The van der Waals surface area contributed by atoms with Crippen LogP contribution >= 0.6 is 27.7 Å². The average molecular weight is 336 g/mol. The molecule has 18 heavy (non-hydrogen) atoms. The molecule has 0 saturated carbocycles. The number of aliphatic carboxylic acids is 1. The summed E-state index contributed by atoms with van der Waals surface area (Å²) in [5.41, 5.74) is 0. The molecule has 0 aromatic heterocycles. The Morgan fingerprint density at radius 1 is 1.61 bits per heavy atom. The quantitative estimate of drug-likeness (QED) is 0.694. The number of carboxylic acid groups (broad SMARTS) is 1. The molecule has 1 aliphatic carbocycles. The van der Waals surface area contributed by atoms with Crippen LogP contribution in [-0.4, -0.2) is 45.2 Å². The molecule has 3 atom stereocenters. The first-order valence-electron chi connectivity index (χ1n) is 5.25. The van der Waals surface area contributed by atoms with E-state index in [1.165, 1.54) is 18.7 Å². The van der Waals surface area contributed by atoms with Crippen molar-refractivity contribution in [1.29, 1.82) is 0 Å². The maximum Gasteiger partial charge on any atom is 0.327 e. The first-order chi connectivity index (χ1) is 8.41. The Morgan fingerprint density at radius 2 is 2.28 bits per heavy atom. The highest BCUT2D eigenvalue weighted by molar-refractivity contribution is 9.11. The molecule has 0 bridgehead atoms. The van der Waals surface area contributed by atoms with Crippen LogP contribution in [-0.2, 0) is 9.59 Å². The highest BCUT2D eigenvalue weighted by Crippen LogP contribution is 2.30. The second-order valence-electron chi connectivity index (χ2n) is 3.77. The van der Waals surface area contributed by atoms with Crippen molar-refractivity contribution < 1.29 is 19.8 Å². The van der Waals surface area contributed by atoms with Crippen LogP contribution in [0.15, 0.2) is 22.7 Å². The Hall–Kier alpha value is -0.790. The van der Waals surface area contributed by atoms with Gasteiger partial charge in [0.1, 0.15) is 6.04 Å². The largest absolute Gasteiger partial charge is 0.480 e. The van der Waals surface area contributed by atoms with Crippen LogP contribution in [0.3, 0.4) is 0 Å². The zero-order valence-electron chi connectivity index (χ0n) is 9.67. The lowest BCUT2D eigenvalue weighted by molar-refractivity contribution is -0.140. The number of carboxylic acids is 1. The maximum absolute atomic E-state index is 10.9. The third-order valence-electron chi connectivity index (χ3n) is 2.26. The van der Waals surface area contributed by atoms with E-state index in [1.54, 1.807) is 18.2 Å². The molecule has 1 rings (SSSR count). The van der Waals surface area contributed by atoms with Gasteiger partial charge in [-0.2, -0.15) is 0 Å². The van der Waals surface area contributed by atoms with Gasteiger partial charge in [-0.15, -0.1) is 11.8 Å². The molecule has 7 heteroatoms. The van der Waals surface area contributed by atoms with E-state index in [4.69, 9.17) is 5.11 Å². The Labute approximate surface area is 117 Å². The second-order valence-corrected chi connectivity index (χ2v) is 5.86. The van der Waals surface area contributed by atoms with Crippen LogP contribution in [0, 0.1) is 0 Å². The van der Waals surface area contributed by atoms with Gasteiger partial charge in [-0.25, -0.2) is 4.79 Å². The fourth-order valence-corrected chi connectivity index (χ4v) is 3.39. The first kappa shape index (κ1) is 15.3. The van der Waals surface area contributed by atoms with Crippen molar-refractivity contribution in [2.24, 2.45) is 0 Å². The van der Waals surface area contributed by atoms with Gasteiger partial charge in [0, 0.05) is 17.2 Å². The lowest BCUT2D eigenvalue weighted by Gasteiger charge is -2.24. The van der Waals surface area contributed by atoms with Gasteiger partial charge in [0.05, 0.1) is 11.4 Å². The molecule has 0 fully saturated rings. The van der Waals surface area contributed by atoms with Crippen molar-refractivity contribution >= 4 is 39.6 Å². The normalized spacial score (nSPS) is 24.3. The zero-order chi connectivity index (χ0) is 13.7. The second kappa shape index (κ2) is 6.96. The SMILES string of the molecule is CC(=O)N[C@@H](CSC1C(Br)=CC=CC1O)C(=O)O. The molecule has 2 unspecified atom stereocenters. The standard InChI is InChI=1S/C11H14BrNO4S/c1-6(14)13-8(11(16)17)5-18-10-7(12)3-2-4-9(10)15/h2-4,8-10,15H,5H2,1H3,(H,13,14)(H,16,17)/t8-,9?,10?/m0/s1. The minimum absolute atomic E-state index is 0.188. The zero-order valence-corrected chi connectivity index (χ0v) is 12.1. The van der Waals surface area contributed by atoms with E-state index in [2.05, 4.69) is 21.2 Å². The van der Waals surface area contributed by atoms with Gasteiger partial charge in [-0.05, 0) is 0 Å². The Kier molecular flexibility index (Phi) is 5.90. The van der Waals surface area contributed by atoms with Gasteiger partial charge < -0.3 is 15.5 Å². The average Bonchev–Trinajstić information content (AvgIpc) is 2.26. The van der Waals surface area contributed by atoms with Gasteiger partial charge in [0.2, 0.25) is 5.91 Å². The molecular weight excluding hydrogens is 322 g/mol. The van der Waals surface area contributed by atoms with E-state index in [0.29, 0.717) is 0 Å². The summed E-state index contributed by atoms with van der Waals surface area (Å²) in [6, 6.07) is -0.953. The van der Waals surface area contributed by atoms with E-state index < -0.39 is 18.1 Å². The number of hydrogen-bond donors (Lipinski definition) is 3. The summed E-state index contributed by atoms with van der Waals surface area (Å²) in [5, 5.41) is 20.8. The van der Waals surface area contributed by atoms with Crippen molar-refractivity contribution in [3.8, 4) is 0 Å². The number of hydrogen-bond acceptors (Lipinski definition) is 4. The summed E-state index contributed by atoms with van der Waals surface area (Å²) in [4.78, 5) is 21.8. The van der Waals surface area contributed by atoms with Crippen molar-refractivity contribution in [3.05, 3.63) is 22.7 Å². The Bertz CT molecular complexity index is 397. The minimum atomic E-state index is -1.08. The molecule has 1 amide bonds. The Morgan fingerprint density at radius 3 is 2.78 bits per heavy atom. The molecule has 0 radical (unpaired) electrons. The number of aliphatic hydroxyl groups excluding tert-OH is 1. The topological polar surface area (TPSA) is 86.6 Å². The van der Waals surface area contributed by atoms with E-state index in [1.807, 2.05) is 0 Å². The molecule has 1 aliphatic rings. The summed E-state index contributed by atoms with van der Waals surface area (Å²) in [6.07, 6.45) is 4.50. The molecule has 0 spiro atoms. The number of carbonyl (C=O) groups is 2.